The van der Waals surface area contributed by atoms with E-state index < -0.39 is 11.9 Å². The third-order valence-electron chi connectivity index (χ3n) is 9.55. The normalized spacial score (nSPS) is 10.4. The van der Waals surface area contributed by atoms with Crippen LogP contribution >= 0.6 is 46.7 Å². The van der Waals surface area contributed by atoms with Crippen LogP contribution in [0.5, 0.6) is 11.5 Å². The maximum Gasteiger partial charge on any atom is 2.00 e. The summed E-state index contributed by atoms with van der Waals surface area (Å²) in [7, 11) is 0. The van der Waals surface area contributed by atoms with Gasteiger partial charge in [0.25, 0.3) is 12.9 Å². The Morgan fingerprint density at radius 2 is 1.38 bits per heavy atom. The van der Waals surface area contributed by atoms with E-state index in [1.165, 1.54) is 73.2 Å². The largest absolute Gasteiger partial charge is 2.00 e. The summed E-state index contributed by atoms with van der Waals surface area (Å²) in [6.45, 7) is 5.09. The van der Waals surface area contributed by atoms with Gasteiger partial charge in [-0.05, 0) is 95.4 Å². The number of thioether (sulfide) groups is 1. The summed E-state index contributed by atoms with van der Waals surface area (Å²) in [5, 5.41) is 19.5. The first-order chi connectivity index (χ1) is 32.6. The van der Waals surface area contributed by atoms with Gasteiger partial charge < -0.3 is 25.1 Å². The van der Waals surface area contributed by atoms with Crippen molar-refractivity contribution < 1.29 is 51.7 Å². The SMILES string of the molecule is CCCCCCSc1ccsc1-c1ccnc(-c2cc(C(F)(F)F)n[n-]2)c1.CCCCCCc1ccsc1C#Cc1ccnc(-c2cc(OC=O)cc(-c3cc(OC=O)ccn3)n2)c1.[N-]=C=S.[Ru+2]. The number of unbranched alkanes of at least 4 members (excludes halogenated alkanes) is 6. The number of aryl methyl sites for hydroxylation is 1. The molecule has 0 aromatic carbocycles. The zero-order valence-corrected chi connectivity index (χ0v) is 41.9. The Balaban J connectivity index is 0.000000288. The van der Waals surface area contributed by atoms with Crippen LogP contribution in [0.4, 0.5) is 13.2 Å². The molecule has 0 unspecified atom stereocenters. The number of thiocarbonyl (C=S) groups is 1. The van der Waals surface area contributed by atoms with Crippen molar-refractivity contribution in [3.8, 4) is 67.9 Å². The summed E-state index contributed by atoms with van der Waals surface area (Å²) in [5.41, 5.74) is 4.46. The first kappa shape index (κ1) is 54.9. The Morgan fingerprint density at radius 1 is 0.750 bits per heavy atom. The minimum Gasteiger partial charge on any atom is -0.753 e. The van der Waals surface area contributed by atoms with Crippen molar-refractivity contribution in [2.45, 2.75) is 82.7 Å². The Kier molecular flexibility index (Phi) is 23.6. The molecule has 0 saturated heterocycles. The molecule has 352 valence electrons. The van der Waals surface area contributed by atoms with Crippen LogP contribution < -0.4 is 14.6 Å². The van der Waals surface area contributed by atoms with E-state index in [1.807, 2.05) is 35.3 Å². The molecule has 0 N–H and O–H groups in total. The Morgan fingerprint density at radius 3 is 2.07 bits per heavy atom. The first-order valence-corrected chi connectivity index (χ1v) is 24.3. The summed E-state index contributed by atoms with van der Waals surface area (Å²) in [5.74, 6) is 8.22. The van der Waals surface area contributed by atoms with E-state index in [0.29, 0.717) is 47.2 Å². The van der Waals surface area contributed by atoms with Gasteiger partial charge in [0.2, 0.25) is 0 Å². The number of nitrogens with zero attached hydrogens (tertiary/aromatic N) is 7. The fraction of sp³-hybridized carbons (Fsp3) is 0.265. The van der Waals surface area contributed by atoms with Gasteiger partial charge in [-0.1, -0.05) is 82.1 Å². The number of hydrogen-bond acceptors (Lipinski definition) is 13. The summed E-state index contributed by atoms with van der Waals surface area (Å²) in [6, 6.07) is 18.8. The van der Waals surface area contributed by atoms with Crippen LogP contribution in [0.2, 0.25) is 0 Å². The number of aromatic nitrogens is 6. The van der Waals surface area contributed by atoms with Crippen molar-refractivity contribution >= 4 is 64.8 Å². The maximum absolute atomic E-state index is 12.7. The van der Waals surface area contributed by atoms with Crippen molar-refractivity contribution in [2.24, 2.45) is 0 Å². The molecule has 68 heavy (non-hydrogen) atoms. The first-order valence-electron chi connectivity index (χ1n) is 21.1. The predicted molar refractivity (Wildman–Crippen MR) is 262 cm³/mol. The van der Waals surface area contributed by atoms with Gasteiger partial charge in [-0.25, -0.2) is 4.98 Å². The molecule has 0 fully saturated rings. The van der Waals surface area contributed by atoms with Gasteiger partial charge in [-0.3, -0.25) is 24.5 Å². The quantitative estimate of drug-likeness (QED) is 0.0144. The average molecular weight is 1080 g/mol. The molecular formula is C49H44F3N7O4RuS4. The molecule has 19 heteroatoms. The zero-order valence-electron chi connectivity index (χ0n) is 36.8. The number of alkyl halides is 3. The molecule has 0 aliphatic rings. The van der Waals surface area contributed by atoms with Crippen molar-refractivity contribution in [1.29, 1.82) is 0 Å². The molecule has 11 nitrogen and oxygen atoms in total. The van der Waals surface area contributed by atoms with Crippen molar-refractivity contribution in [1.82, 2.24) is 30.1 Å². The van der Waals surface area contributed by atoms with Crippen LogP contribution in [0.25, 0.3) is 50.0 Å². The Bertz CT molecular complexity index is 2780. The van der Waals surface area contributed by atoms with E-state index in [4.69, 9.17) is 14.9 Å². The molecule has 0 spiro atoms. The molecule has 0 bridgehead atoms. The monoisotopic (exact) mass is 1080 g/mol. The van der Waals surface area contributed by atoms with Gasteiger partial charge in [0, 0.05) is 52.1 Å². The average Bonchev–Trinajstić information content (AvgIpc) is 4.13. The third-order valence-corrected chi connectivity index (χ3v) is 12.7. The zero-order chi connectivity index (χ0) is 47.9. The van der Waals surface area contributed by atoms with E-state index in [-0.39, 0.29) is 30.9 Å². The number of ether oxygens (including phenoxy) is 2. The standard InChI is InChI=1S/C29H25N3O4S.C19H19F3N3S2.CNS.Ru/c1-2-3-4-5-6-22-11-14-37-29(22)8-7-21-9-12-30-25(15-21)27-17-24(36-20-34)18-28(32-27)26-16-23(35-19-33)10-13-31-26;1-2-3-4-5-9-26-16-7-10-27-18(16)13-6-8-23-14(11-13)15-12-17(25-24-15)19(20,21)22;2-1-3;/h9-20H,2-6H2,1H3;6-8,10-12H,2-5,9H2,1H3;;/q;2*-1;+2. The minimum atomic E-state index is -4.50. The molecule has 7 aromatic heterocycles. The van der Waals surface area contributed by atoms with Crippen molar-refractivity contribution in [3.63, 3.8) is 0 Å². The van der Waals surface area contributed by atoms with E-state index in [9.17, 15) is 22.8 Å². The Labute approximate surface area is 423 Å². The number of carbonyl (C=O) groups is 2. The number of carbonyl (C=O) groups excluding carboxylic acids is 2. The number of rotatable bonds is 19. The molecule has 7 aromatic rings. The molecule has 0 aliphatic heterocycles. The Hall–Kier alpha value is -5.73. The summed E-state index contributed by atoms with van der Waals surface area (Å²) >= 11 is 8.79. The number of halogens is 3. The van der Waals surface area contributed by atoms with E-state index >= 15 is 0 Å². The molecule has 0 atom stereocenters. The topological polar surface area (TPSA) is 153 Å². The van der Waals surface area contributed by atoms with Crippen molar-refractivity contribution in [3.05, 3.63) is 123 Å². The molecule has 7 rings (SSSR count). The molecule has 0 saturated carbocycles. The molecule has 0 amide bonds. The number of thiophene rings is 2. The fourth-order valence-corrected chi connectivity index (χ4v) is 9.31. The molecule has 7 heterocycles. The third kappa shape index (κ3) is 17.1. The minimum absolute atomic E-state index is 0. The van der Waals surface area contributed by atoms with Crippen LogP contribution in [0, 0.1) is 11.8 Å². The molecule has 0 aliphatic carbocycles. The van der Waals surface area contributed by atoms with Crippen LogP contribution in [-0.4, -0.2) is 48.9 Å². The second-order valence-corrected chi connectivity index (χ2v) is 17.5. The predicted octanol–water partition coefficient (Wildman–Crippen LogP) is 13.0. The van der Waals surface area contributed by atoms with Gasteiger partial charge in [-0.15, -0.1) is 34.4 Å². The molecular weight excluding hydrogens is 1040 g/mol. The van der Waals surface area contributed by atoms with Gasteiger partial charge in [-0.2, -0.15) is 18.3 Å². The van der Waals surface area contributed by atoms with Crippen LogP contribution in [0.1, 0.15) is 86.9 Å². The van der Waals surface area contributed by atoms with E-state index in [1.54, 1.807) is 65.4 Å². The summed E-state index contributed by atoms with van der Waals surface area (Å²) in [4.78, 5) is 42.7. The second kappa shape index (κ2) is 29.2. The number of hydrogen-bond donors (Lipinski definition) is 0. The smallest absolute Gasteiger partial charge is 0.753 e. The maximum atomic E-state index is 12.7. The van der Waals surface area contributed by atoms with Gasteiger partial charge >= 0.3 is 25.7 Å². The van der Waals surface area contributed by atoms with Crippen LogP contribution in [-0.2, 0) is 41.7 Å². The molecule has 0 radical (unpaired) electrons. The van der Waals surface area contributed by atoms with Crippen LogP contribution in [0.3, 0.4) is 0 Å². The van der Waals surface area contributed by atoms with E-state index in [0.717, 1.165) is 39.1 Å². The fourth-order valence-electron chi connectivity index (χ4n) is 6.34. The van der Waals surface area contributed by atoms with E-state index in [2.05, 4.69) is 85.6 Å². The summed E-state index contributed by atoms with van der Waals surface area (Å²) in [6.07, 6.45) is 11.1. The van der Waals surface area contributed by atoms with Gasteiger partial charge in [0.15, 0.2) is 0 Å². The second-order valence-electron chi connectivity index (χ2n) is 14.3. The van der Waals surface area contributed by atoms with Crippen LogP contribution in [0.15, 0.2) is 101 Å². The summed E-state index contributed by atoms with van der Waals surface area (Å²) < 4.78 is 48.3. The van der Waals surface area contributed by atoms with Gasteiger partial charge in [0.1, 0.15) is 17.2 Å². The number of pyridine rings is 4. The van der Waals surface area contributed by atoms with Gasteiger partial charge in [0.05, 0.1) is 33.3 Å². The van der Waals surface area contributed by atoms with Crippen molar-refractivity contribution in [2.75, 3.05) is 5.75 Å². The number of isothiocyanates is 1.